The summed E-state index contributed by atoms with van der Waals surface area (Å²) in [4.78, 5) is 29.6. The second-order valence-corrected chi connectivity index (χ2v) is 8.77. The van der Waals surface area contributed by atoms with Gasteiger partial charge in [0.05, 0.1) is 17.5 Å². The van der Waals surface area contributed by atoms with E-state index in [1.807, 2.05) is 9.58 Å². The molecule has 0 bridgehead atoms. The molecular weight excluding hydrogens is 404 g/mol. The number of halogens is 1. The minimum atomic E-state index is -1.01. The van der Waals surface area contributed by atoms with Gasteiger partial charge in [-0.05, 0) is 57.4 Å². The van der Waals surface area contributed by atoms with Crippen LogP contribution in [0.2, 0.25) is 5.02 Å². The van der Waals surface area contributed by atoms with Crippen LogP contribution in [0, 0.1) is 0 Å². The smallest absolute Gasteiger partial charge is 0.266 e. The molecule has 1 aromatic carbocycles. The van der Waals surface area contributed by atoms with Gasteiger partial charge in [0.15, 0.2) is 5.60 Å². The summed E-state index contributed by atoms with van der Waals surface area (Å²) in [6, 6.07) is 6.97. The third kappa shape index (κ3) is 4.17. The fourth-order valence-corrected chi connectivity index (χ4v) is 4.23. The van der Waals surface area contributed by atoms with Gasteiger partial charge in [-0.2, -0.15) is 5.10 Å². The highest BCUT2D eigenvalue weighted by Gasteiger charge is 2.37. The number of rotatable bonds is 4. The molecule has 7 nitrogen and oxygen atoms in total. The second kappa shape index (κ2) is 8.30. The number of fused-ring (bicyclic) bond motifs is 1. The molecule has 2 aromatic rings. The van der Waals surface area contributed by atoms with Gasteiger partial charge in [-0.15, -0.1) is 0 Å². The summed E-state index contributed by atoms with van der Waals surface area (Å²) in [5.74, 6) is 0.520. The Bertz CT molecular complexity index is 930. The van der Waals surface area contributed by atoms with Crippen LogP contribution in [0.5, 0.6) is 5.75 Å². The van der Waals surface area contributed by atoms with Crippen LogP contribution < -0.4 is 4.74 Å². The van der Waals surface area contributed by atoms with E-state index in [1.54, 1.807) is 49.2 Å². The predicted molar refractivity (Wildman–Crippen MR) is 114 cm³/mol. The zero-order valence-electron chi connectivity index (χ0n) is 17.4. The van der Waals surface area contributed by atoms with Gasteiger partial charge in [-0.3, -0.25) is 14.3 Å². The van der Waals surface area contributed by atoms with Crippen molar-refractivity contribution < 1.29 is 14.3 Å². The van der Waals surface area contributed by atoms with Crippen molar-refractivity contribution in [1.29, 1.82) is 0 Å². The molecule has 8 heteroatoms. The normalized spacial score (nSPS) is 16.9. The number of piperazine rings is 1. The first kappa shape index (κ1) is 20.7. The molecule has 0 atom stereocenters. The van der Waals surface area contributed by atoms with Gasteiger partial charge in [-0.1, -0.05) is 11.6 Å². The number of hydrogen-bond donors (Lipinski definition) is 0. The van der Waals surface area contributed by atoms with Gasteiger partial charge in [0.2, 0.25) is 0 Å². The Hall–Kier alpha value is -2.54. The molecule has 2 aliphatic rings. The fraction of sp³-hybridized carbons (Fsp3) is 0.500. The average molecular weight is 431 g/mol. The highest BCUT2D eigenvalue weighted by atomic mass is 35.5. The van der Waals surface area contributed by atoms with Gasteiger partial charge in [0.25, 0.3) is 11.8 Å². The first-order valence-corrected chi connectivity index (χ1v) is 10.8. The zero-order valence-corrected chi connectivity index (χ0v) is 18.2. The monoisotopic (exact) mass is 430 g/mol. The highest BCUT2D eigenvalue weighted by Crippen LogP contribution is 2.24. The second-order valence-electron chi connectivity index (χ2n) is 8.34. The van der Waals surface area contributed by atoms with Crippen LogP contribution in [0.25, 0.3) is 0 Å². The van der Waals surface area contributed by atoms with E-state index in [1.165, 1.54) is 0 Å². The summed E-state index contributed by atoms with van der Waals surface area (Å²) in [6.07, 6.45) is 4.80. The van der Waals surface area contributed by atoms with Crippen molar-refractivity contribution in [3.05, 3.63) is 46.7 Å². The average Bonchev–Trinajstić information content (AvgIpc) is 3.18. The van der Waals surface area contributed by atoms with Gasteiger partial charge in [-0.25, -0.2) is 0 Å². The molecule has 160 valence electrons. The lowest BCUT2D eigenvalue weighted by atomic mass is 10.0. The summed E-state index contributed by atoms with van der Waals surface area (Å²) in [6.45, 7) is 6.40. The van der Waals surface area contributed by atoms with E-state index in [-0.39, 0.29) is 11.8 Å². The van der Waals surface area contributed by atoms with E-state index in [9.17, 15) is 9.59 Å². The summed E-state index contributed by atoms with van der Waals surface area (Å²) in [5.41, 5.74) is 0.744. The number of carbonyl (C=O) groups is 2. The molecule has 2 amide bonds. The highest BCUT2D eigenvalue weighted by molar-refractivity contribution is 6.30. The van der Waals surface area contributed by atoms with E-state index >= 15 is 0 Å². The largest absolute Gasteiger partial charge is 0.478 e. The standard InChI is InChI=1S/C22H27ClN4O3/c1-22(2,30-17-8-6-16(23)7-9-17)21(29)26-13-11-25(12-14-26)20(28)18-15-24-27-10-4-3-5-19(18)27/h6-9,15H,3-5,10-14H2,1-2H3. The quantitative estimate of drug-likeness (QED) is 0.747. The van der Waals surface area contributed by atoms with E-state index in [0.717, 1.165) is 31.5 Å². The lowest BCUT2D eigenvalue weighted by molar-refractivity contribution is -0.147. The molecule has 0 radical (unpaired) electrons. The van der Waals surface area contributed by atoms with Crippen LogP contribution in [-0.2, 0) is 17.8 Å². The lowest BCUT2D eigenvalue weighted by Gasteiger charge is -2.38. The van der Waals surface area contributed by atoms with Crippen molar-refractivity contribution in [3.63, 3.8) is 0 Å². The van der Waals surface area contributed by atoms with Crippen LogP contribution in [0.3, 0.4) is 0 Å². The van der Waals surface area contributed by atoms with Crippen molar-refractivity contribution in [1.82, 2.24) is 19.6 Å². The van der Waals surface area contributed by atoms with Crippen molar-refractivity contribution in [2.45, 2.75) is 45.3 Å². The Labute approximate surface area is 181 Å². The lowest BCUT2D eigenvalue weighted by Crippen LogP contribution is -2.56. The topological polar surface area (TPSA) is 67.7 Å². The van der Waals surface area contributed by atoms with Crippen LogP contribution in [0.15, 0.2) is 30.5 Å². The molecule has 0 spiro atoms. The van der Waals surface area contributed by atoms with Crippen molar-refractivity contribution >= 4 is 23.4 Å². The molecule has 30 heavy (non-hydrogen) atoms. The Morgan fingerprint density at radius 2 is 1.67 bits per heavy atom. The maximum atomic E-state index is 13.0. The zero-order chi connectivity index (χ0) is 21.3. The Morgan fingerprint density at radius 1 is 1.00 bits per heavy atom. The molecule has 2 aliphatic heterocycles. The first-order chi connectivity index (χ1) is 14.3. The number of aryl methyl sites for hydroxylation is 1. The number of amides is 2. The van der Waals surface area contributed by atoms with E-state index in [2.05, 4.69) is 5.10 Å². The molecule has 1 aromatic heterocycles. The SMILES string of the molecule is CC(C)(Oc1ccc(Cl)cc1)C(=O)N1CCN(C(=O)c2cnn3c2CCCC3)CC1. The number of aromatic nitrogens is 2. The summed E-state index contributed by atoms with van der Waals surface area (Å²) < 4.78 is 7.88. The molecule has 0 unspecified atom stereocenters. The molecule has 1 saturated heterocycles. The van der Waals surface area contributed by atoms with Crippen LogP contribution >= 0.6 is 11.6 Å². The molecular formula is C22H27ClN4O3. The molecule has 3 heterocycles. The molecule has 0 aliphatic carbocycles. The van der Waals surface area contributed by atoms with Crippen molar-refractivity contribution in [3.8, 4) is 5.75 Å². The molecule has 0 N–H and O–H groups in total. The minimum Gasteiger partial charge on any atom is -0.478 e. The summed E-state index contributed by atoms with van der Waals surface area (Å²) in [5, 5.41) is 4.99. The Balaban J connectivity index is 1.36. The number of hydrogen-bond acceptors (Lipinski definition) is 4. The van der Waals surface area contributed by atoms with E-state index in [0.29, 0.717) is 42.5 Å². The van der Waals surface area contributed by atoms with Gasteiger partial charge < -0.3 is 14.5 Å². The number of carbonyl (C=O) groups excluding carboxylic acids is 2. The Kier molecular flexibility index (Phi) is 5.73. The maximum absolute atomic E-state index is 13.0. The third-order valence-corrected chi connectivity index (χ3v) is 6.02. The first-order valence-electron chi connectivity index (χ1n) is 10.4. The fourth-order valence-electron chi connectivity index (χ4n) is 4.10. The Morgan fingerprint density at radius 3 is 2.37 bits per heavy atom. The number of benzene rings is 1. The summed E-state index contributed by atoms with van der Waals surface area (Å²) in [7, 11) is 0. The van der Waals surface area contributed by atoms with Crippen molar-refractivity contribution in [2.24, 2.45) is 0 Å². The van der Waals surface area contributed by atoms with E-state index < -0.39 is 5.60 Å². The third-order valence-electron chi connectivity index (χ3n) is 5.77. The minimum absolute atomic E-state index is 0.0157. The van der Waals surface area contributed by atoms with Crippen molar-refractivity contribution in [2.75, 3.05) is 26.2 Å². The van der Waals surface area contributed by atoms with Gasteiger partial charge >= 0.3 is 0 Å². The van der Waals surface area contributed by atoms with Gasteiger partial charge in [0, 0.05) is 37.7 Å². The van der Waals surface area contributed by atoms with E-state index in [4.69, 9.17) is 16.3 Å². The number of ether oxygens (including phenoxy) is 1. The molecule has 4 rings (SSSR count). The van der Waals surface area contributed by atoms with Crippen LogP contribution in [0.1, 0.15) is 42.7 Å². The van der Waals surface area contributed by atoms with Gasteiger partial charge in [0.1, 0.15) is 5.75 Å². The molecule has 1 fully saturated rings. The van der Waals surface area contributed by atoms with Crippen LogP contribution in [0.4, 0.5) is 0 Å². The predicted octanol–water partition coefficient (Wildman–Crippen LogP) is 3.01. The van der Waals surface area contributed by atoms with Crippen LogP contribution in [-0.4, -0.2) is 63.2 Å². The summed E-state index contributed by atoms with van der Waals surface area (Å²) >= 11 is 5.91. The molecule has 0 saturated carbocycles. The maximum Gasteiger partial charge on any atom is 0.266 e. The number of nitrogens with zero attached hydrogens (tertiary/aromatic N) is 4.